The van der Waals surface area contributed by atoms with Crippen LogP contribution in [0.2, 0.25) is 0 Å². The third-order valence-corrected chi connectivity index (χ3v) is 4.36. The minimum Gasteiger partial charge on any atom is -0.481 e. The normalized spacial score (nSPS) is 19.0. The standard InChI is InChI=1S/C15H21NO2/c1-2-11-4-6-12(7-5-11)13(10-16)15(14(17)18)8-3-9-15/h4-7,13H,2-3,8-10,16H2,1H3,(H,17,18)/t13-/m0/s1. The minimum atomic E-state index is -0.691. The third kappa shape index (κ3) is 2.03. The summed E-state index contributed by atoms with van der Waals surface area (Å²) in [6.45, 7) is 2.51. The minimum absolute atomic E-state index is 0.0605. The summed E-state index contributed by atoms with van der Waals surface area (Å²) in [7, 11) is 0. The molecule has 3 nitrogen and oxygen atoms in total. The van der Waals surface area contributed by atoms with Crippen molar-refractivity contribution in [3.63, 3.8) is 0 Å². The Labute approximate surface area is 108 Å². The second kappa shape index (κ2) is 5.11. The Hall–Kier alpha value is -1.35. The van der Waals surface area contributed by atoms with Crippen LogP contribution in [0.15, 0.2) is 24.3 Å². The average molecular weight is 247 g/mol. The van der Waals surface area contributed by atoms with E-state index in [-0.39, 0.29) is 5.92 Å². The van der Waals surface area contributed by atoms with Crippen LogP contribution in [-0.2, 0) is 11.2 Å². The lowest BCUT2D eigenvalue weighted by Gasteiger charge is -2.44. The summed E-state index contributed by atoms with van der Waals surface area (Å²) in [5, 5.41) is 9.49. The monoisotopic (exact) mass is 247 g/mol. The maximum absolute atomic E-state index is 11.5. The van der Waals surface area contributed by atoms with Crippen molar-refractivity contribution >= 4 is 5.97 Å². The predicted molar refractivity (Wildman–Crippen MR) is 71.5 cm³/mol. The lowest BCUT2D eigenvalue weighted by Crippen LogP contribution is -2.45. The highest BCUT2D eigenvalue weighted by molar-refractivity contribution is 5.77. The molecular weight excluding hydrogens is 226 g/mol. The Morgan fingerprint density at radius 3 is 2.33 bits per heavy atom. The van der Waals surface area contributed by atoms with E-state index >= 15 is 0 Å². The molecule has 3 heteroatoms. The number of carboxylic acid groups (broad SMARTS) is 1. The van der Waals surface area contributed by atoms with Gasteiger partial charge in [0.1, 0.15) is 0 Å². The topological polar surface area (TPSA) is 63.3 Å². The summed E-state index contributed by atoms with van der Waals surface area (Å²) < 4.78 is 0. The van der Waals surface area contributed by atoms with E-state index < -0.39 is 11.4 Å². The molecule has 98 valence electrons. The first-order chi connectivity index (χ1) is 8.64. The molecule has 0 spiro atoms. The van der Waals surface area contributed by atoms with Crippen LogP contribution < -0.4 is 5.73 Å². The van der Waals surface area contributed by atoms with Crippen molar-refractivity contribution < 1.29 is 9.90 Å². The van der Waals surface area contributed by atoms with Gasteiger partial charge in [-0.1, -0.05) is 37.6 Å². The molecule has 0 saturated heterocycles. The van der Waals surface area contributed by atoms with Gasteiger partial charge in [0.2, 0.25) is 0 Å². The van der Waals surface area contributed by atoms with Gasteiger partial charge in [0.05, 0.1) is 5.41 Å². The summed E-state index contributed by atoms with van der Waals surface area (Å²) in [4.78, 5) is 11.5. The fraction of sp³-hybridized carbons (Fsp3) is 0.533. The van der Waals surface area contributed by atoms with Crippen molar-refractivity contribution in [2.24, 2.45) is 11.1 Å². The molecule has 0 aromatic heterocycles. The molecule has 18 heavy (non-hydrogen) atoms. The lowest BCUT2D eigenvalue weighted by atomic mass is 9.59. The maximum atomic E-state index is 11.5. The Morgan fingerprint density at radius 1 is 1.39 bits per heavy atom. The van der Waals surface area contributed by atoms with Crippen molar-refractivity contribution in [3.05, 3.63) is 35.4 Å². The van der Waals surface area contributed by atoms with Crippen LogP contribution in [0.25, 0.3) is 0 Å². The summed E-state index contributed by atoms with van der Waals surface area (Å²) in [5.74, 6) is -0.751. The van der Waals surface area contributed by atoms with Crippen LogP contribution in [-0.4, -0.2) is 17.6 Å². The number of rotatable bonds is 5. The molecule has 1 saturated carbocycles. The van der Waals surface area contributed by atoms with Gasteiger partial charge in [-0.2, -0.15) is 0 Å². The molecule has 1 fully saturated rings. The van der Waals surface area contributed by atoms with E-state index in [9.17, 15) is 9.90 Å². The molecular formula is C15H21NO2. The third-order valence-electron chi connectivity index (χ3n) is 4.36. The lowest BCUT2D eigenvalue weighted by molar-refractivity contribution is -0.156. The molecule has 1 aromatic carbocycles. The highest BCUT2D eigenvalue weighted by Gasteiger charge is 2.50. The summed E-state index contributed by atoms with van der Waals surface area (Å²) >= 11 is 0. The first-order valence-electron chi connectivity index (χ1n) is 6.66. The zero-order chi connectivity index (χ0) is 13.2. The highest BCUT2D eigenvalue weighted by Crippen LogP contribution is 2.51. The maximum Gasteiger partial charge on any atom is 0.310 e. The first-order valence-corrected chi connectivity index (χ1v) is 6.66. The van der Waals surface area contributed by atoms with Gasteiger partial charge in [-0.3, -0.25) is 4.79 Å². The quantitative estimate of drug-likeness (QED) is 0.840. The molecule has 1 aliphatic carbocycles. The van der Waals surface area contributed by atoms with Crippen LogP contribution in [0, 0.1) is 5.41 Å². The number of hydrogen-bond donors (Lipinski definition) is 2. The van der Waals surface area contributed by atoms with Crippen molar-refractivity contribution in [3.8, 4) is 0 Å². The largest absolute Gasteiger partial charge is 0.481 e. The van der Waals surface area contributed by atoms with E-state index in [0.29, 0.717) is 6.54 Å². The van der Waals surface area contributed by atoms with E-state index in [1.54, 1.807) is 0 Å². The van der Waals surface area contributed by atoms with Gasteiger partial charge < -0.3 is 10.8 Å². The molecule has 1 aromatic rings. The Morgan fingerprint density at radius 2 is 2.00 bits per heavy atom. The second-order valence-corrected chi connectivity index (χ2v) is 5.20. The van der Waals surface area contributed by atoms with Gasteiger partial charge in [-0.05, 0) is 30.4 Å². The number of aliphatic carboxylic acids is 1. The van der Waals surface area contributed by atoms with Gasteiger partial charge in [-0.15, -0.1) is 0 Å². The van der Waals surface area contributed by atoms with Gasteiger partial charge in [0, 0.05) is 12.5 Å². The molecule has 3 N–H and O–H groups in total. The van der Waals surface area contributed by atoms with Crippen LogP contribution in [0.1, 0.15) is 43.2 Å². The van der Waals surface area contributed by atoms with E-state index in [2.05, 4.69) is 19.1 Å². The molecule has 0 radical (unpaired) electrons. The second-order valence-electron chi connectivity index (χ2n) is 5.20. The van der Waals surface area contributed by atoms with E-state index in [0.717, 1.165) is 31.2 Å². The van der Waals surface area contributed by atoms with Gasteiger partial charge in [0.25, 0.3) is 0 Å². The van der Waals surface area contributed by atoms with Crippen molar-refractivity contribution in [2.75, 3.05) is 6.54 Å². The molecule has 0 amide bonds. The van der Waals surface area contributed by atoms with E-state index in [1.165, 1.54) is 5.56 Å². The van der Waals surface area contributed by atoms with Crippen LogP contribution in [0.3, 0.4) is 0 Å². The predicted octanol–water partition coefficient (Wildman–Crippen LogP) is 2.55. The van der Waals surface area contributed by atoms with Gasteiger partial charge in [-0.25, -0.2) is 0 Å². The van der Waals surface area contributed by atoms with E-state index in [4.69, 9.17) is 5.73 Å². The van der Waals surface area contributed by atoms with Crippen LogP contribution >= 0.6 is 0 Å². The molecule has 1 atom stereocenters. The van der Waals surface area contributed by atoms with Crippen molar-refractivity contribution in [2.45, 2.75) is 38.5 Å². The summed E-state index contributed by atoms with van der Waals surface area (Å²) in [6.07, 6.45) is 3.49. The van der Waals surface area contributed by atoms with E-state index in [1.807, 2.05) is 12.1 Å². The molecule has 2 rings (SSSR count). The first kappa shape index (κ1) is 13.1. The number of hydrogen-bond acceptors (Lipinski definition) is 2. The molecule has 0 bridgehead atoms. The number of nitrogens with two attached hydrogens (primary N) is 1. The highest BCUT2D eigenvalue weighted by atomic mass is 16.4. The molecule has 1 aliphatic rings. The van der Waals surface area contributed by atoms with Crippen molar-refractivity contribution in [1.29, 1.82) is 0 Å². The van der Waals surface area contributed by atoms with Gasteiger partial charge in [0.15, 0.2) is 0 Å². The zero-order valence-electron chi connectivity index (χ0n) is 10.9. The fourth-order valence-corrected chi connectivity index (χ4v) is 2.94. The van der Waals surface area contributed by atoms with Crippen molar-refractivity contribution in [1.82, 2.24) is 0 Å². The van der Waals surface area contributed by atoms with Gasteiger partial charge >= 0.3 is 5.97 Å². The SMILES string of the molecule is CCc1ccc([C@H](CN)C2(C(=O)O)CCC2)cc1. The Bertz CT molecular complexity index is 421. The van der Waals surface area contributed by atoms with Crippen LogP contribution in [0.4, 0.5) is 0 Å². The molecule has 0 heterocycles. The smallest absolute Gasteiger partial charge is 0.310 e. The average Bonchev–Trinajstić information content (AvgIpc) is 2.33. The summed E-state index contributed by atoms with van der Waals surface area (Å²) in [6, 6.07) is 8.23. The fourth-order valence-electron chi connectivity index (χ4n) is 2.94. The number of carbonyl (C=O) groups is 1. The molecule has 0 aliphatic heterocycles. The molecule has 0 unspecified atom stereocenters. The number of benzene rings is 1. The zero-order valence-corrected chi connectivity index (χ0v) is 10.9. The Kier molecular flexibility index (Phi) is 3.71. The summed E-state index contributed by atoms with van der Waals surface area (Å²) in [5.41, 5.74) is 7.56. The number of aryl methyl sites for hydroxylation is 1. The Balaban J connectivity index is 2.29. The number of carboxylic acids is 1. The van der Waals surface area contributed by atoms with Crippen LogP contribution in [0.5, 0.6) is 0 Å².